The van der Waals surface area contributed by atoms with Crippen molar-refractivity contribution in [2.24, 2.45) is 0 Å². The SMILES string of the molecule is CC(C)c1nccn1Cc1cc(C(=O)NCc2nnc3n2CCC3)n[nH]1. The maximum Gasteiger partial charge on any atom is 0.272 e. The van der Waals surface area contributed by atoms with Gasteiger partial charge in [-0.2, -0.15) is 5.10 Å². The Kier molecular flexibility index (Phi) is 4.27. The molecule has 1 aliphatic heterocycles. The molecule has 9 nitrogen and oxygen atoms in total. The van der Waals surface area contributed by atoms with Crippen molar-refractivity contribution < 1.29 is 4.79 Å². The first-order chi connectivity index (χ1) is 12.6. The van der Waals surface area contributed by atoms with Crippen molar-refractivity contribution >= 4 is 5.91 Å². The molecule has 0 aliphatic carbocycles. The fourth-order valence-electron chi connectivity index (χ4n) is 3.29. The molecule has 0 saturated carbocycles. The van der Waals surface area contributed by atoms with Crippen LogP contribution >= 0.6 is 0 Å². The standard InChI is InChI=1S/C17H22N8O/c1-11(2)16-18-5-7-24(16)10-12-8-13(21-20-12)17(26)19-9-15-23-22-14-4-3-6-25(14)15/h5,7-8,11H,3-4,6,9-10H2,1-2H3,(H,19,26)(H,20,21). The molecule has 3 aromatic rings. The minimum atomic E-state index is -0.224. The van der Waals surface area contributed by atoms with Gasteiger partial charge >= 0.3 is 0 Å². The molecule has 0 saturated heterocycles. The number of amides is 1. The third kappa shape index (κ3) is 3.12. The average Bonchev–Trinajstić information content (AvgIpc) is 3.38. The van der Waals surface area contributed by atoms with E-state index in [1.165, 1.54) is 0 Å². The number of fused-ring (bicyclic) bond motifs is 1. The van der Waals surface area contributed by atoms with E-state index in [4.69, 9.17) is 0 Å². The van der Waals surface area contributed by atoms with E-state index in [0.29, 0.717) is 24.7 Å². The van der Waals surface area contributed by atoms with Crippen LogP contribution < -0.4 is 5.32 Å². The third-order valence-electron chi connectivity index (χ3n) is 4.56. The Morgan fingerprint density at radius 1 is 1.38 bits per heavy atom. The Labute approximate surface area is 150 Å². The largest absolute Gasteiger partial charge is 0.343 e. The van der Waals surface area contributed by atoms with Crippen molar-refractivity contribution in [2.75, 3.05) is 0 Å². The predicted octanol–water partition coefficient (Wildman–Crippen LogP) is 1.25. The summed E-state index contributed by atoms with van der Waals surface area (Å²) in [6.07, 6.45) is 5.76. The number of hydrogen-bond donors (Lipinski definition) is 2. The van der Waals surface area contributed by atoms with Crippen LogP contribution in [0.25, 0.3) is 0 Å². The van der Waals surface area contributed by atoms with E-state index < -0.39 is 0 Å². The van der Waals surface area contributed by atoms with Gasteiger partial charge in [0.2, 0.25) is 0 Å². The van der Waals surface area contributed by atoms with Gasteiger partial charge in [0.05, 0.1) is 18.8 Å². The summed E-state index contributed by atoms with van der Waals surface area (Å²) >= 11 is 0. The van der Waals surface area contributed by atoms with Crippen molar-refractivity contribution in [1.82, 2.24) is 39.8 Å². The highest BCUT2D eigenvalue weighted by molar-refractivity contribution is 5.92. The van der Waals surface area contributed by atoms with Crippen molar-refractivity contribution in [3.05, 3.63) is 47.3 Å². The van der Waals surface area contributed by atoms with E-state index in [0.717, 1.165) is 42.6 Å². The van der Waals surface area contributed by atoms with Gasteiger partial charge in [-0.15, -0.1) is 10.2 Å². The maximum absolute atomic E-state index is 12.4. The summed E-state index contributed by atoms with van der Waals surface area (Å²) in [7, 11) is 0. The van der Waals surface area contributed by atoms with Gasteiger partial charge in [-0.05, 0) is 12.5 Å². The molecule has 2 N–H and O–H groups in total. The summed E-state index contributed by atoms with van der Waals surface area (Å²) in [6, 6.07) is 1.77. The molecule has 3 aromatic heterocycles. The number of rotatable bonds is 6. The van der Waals surface area contributed by atoms with Crippen molar-refractivity contribution in [3.8, 4) is 0 Å². The number of aryl methyl sites for hydroxylation is 1. The Morgan fingerprint density at radius 2 is 2.27 bits per heavy atom. The maximum atomic E-state index is 12.4. The number of carbonyl (C=O) groups is 1. The van der Waals surface area contributed by atoms with Crippen LogP contribution in [0, 0.1) is 0 Å². The van der Waals surface area contributed by atoms with E-state index in [2.05, 4.69) is 53.7 Å². The first kappa shape index (κ1) is 16.5. The normalized spacial score (nSPS) is 13.3. The quantitative estimate of drug-likeness (QED) is 0.693. The Balaban J connectivity index is 1.39. The molecule has 4 rings (SSSR count). The van der Waals surface area contributed by atoms with E-state index in [1.54, 1.807) is 12.3 Å². The van der Waals surface area contributed by atoms with Gasteiger partial charge in [-0.25, -0.2) is 4.98 Å². The number of aromatic nitrogens is 7. The number of carbonyl (C=O) groups excluding carboxylic acids is 1. The lowest BCUT2D eigenvalue weighted by molar-refractivity contribution is 0.0944. The first-order valence-corrected chi connectivity index (χ1v) is 8.86. The molecular weight excluding hydrogens is 332 g/mol. The van der Waals surface area contributed by atoms with Gasteiger partial charge < -0.3 is 14.5 Å². The molecule has 136 valence electrons. The molecule has 4 heterocycles. The molecular formula is C17H22N8O. The second-order valence-electron chi connectivity index (χ2n) is 6.82. The summed E-state index contributed by atoms with van der Waals surface area (Å²) in [5.41, 5.74) is 1.23. The van der Waals surface area contributed by atoms with Crippen LogP contribution in [0.5, 0.6) is 0 Å². The van der Waals surface area contributed by atoms with Crippen LogP contribution in [0.1, 0.15) is 59.8 Å². The number of nitrogens with zero attached hydrogens (tertiary/aromatic N) is 6. The minimum absolute atomic E-state index is 0.224. The molecule has 0 radical (unpaired) electrons. The Morgan fingerprint density at radius 3 is 3.12 bits per heavy atom. The topological polar surface area (TPSA) is 106 Å². The second-order valence-corrected chi connectivity index (χ2v) is 6.82. The van der Waals surface area contributed by atoms with Gasteiger partial charge in [0.15, 0.2) is 5.82 Å². The highest BCUT2D eigenvalue weighted by Gasteiger charge is 2.18. The van der Waals surface area contributed by atoms with Crippen LogP contribution in [-0.2, 0) is 26.1 Å². The smallest absolute Gasteiger partial charge is 0.272 e. The van der Waals surface area contributed by atoms with Gasteiger partial charge in [0.25, 0.3) is 5.91 Å². The molecule has 0 unspecified atom stereocenters. The molecule has 0 bridgehead atoms. The van der Waals surface area contributed by atoms with Crippen molar-refractivity contribution in [2.45, 2.75) is 52.2 Å². The molecule has 9 heteroatoms. The van der Waals surface area contributed by atoms with Crippen LogP contribution in [0.3, 0.4) is 0 Å². The monoisotopic (exact) mass is 354 g/mol. The number of H-pyrrole nitrogens is 1. The van der Waals surface area contributed by atoms with Crippen LogP contribution in [0.4, 0.5) is 0 Å². The number of aromatic amines is 1. The molecule has 1 aliphatic rings. The fourth-order valence-corrected chi connectivity index (χ4v) is 3.29. The summed E-state index contributed by atoms with van der Waals surface area (Å²) in [4.78, 5) is 16.7. The summed E-state index contributed by atoms with van der Waals surface area (Å²) in [5.74, 6) is 2.91. The number of imidazole rings is 1. The first-order valence-electron chi connectivity index (χ1n) is 8.86. The summed E-state index contributed by atoms with van der Waals surface area (Å²) in [5, 5.41) is 18.2. The van der Waals surface area contributed by atoms with E-state index in [1.807, 2.05) is 6.20 Å². The minimum Gasteiger partial charge on any atom is -0.343 e. The lowest BCUT2D eigenvalue weighted by Gasteiger charge is -2.08. The summed E-state index contributed by atoms with van der Waals surface area (Å²) in [6.45, 7) is 6.08. The molecule has 26 heavy (non-hydrogen) atoms. The van der Waals surface area contributed by atoms with E-state index >= 15 is 0 Å². The van der Waals surface area contributed by atoms with Crippen molar-refractivity contribution in [3.63, 3.8) is 0 Å². The molecule has 0 fully saturated rings. The summed E-state index contributed by atoms with van der Waals surface area (Å²) < 4.78 is 4.13. The van der Waals surface area contributed by atoms with Gasteiger partial charge in [-0.3, -0.25) is 9.89 Å². The third-order valence-corrected chi connectivity index (χ3v) is 4.56. The van der Waals surface area contributed by atoms with Crippen LogP contribution in [-0.4, -0.2) is 40.4 Å². The van der Waals surface area contributed by atoms with Gasteiger partial charge in [0, 0.05) is 31.3 Å². The van der Waals surface area contributed by atoms with Gasteiger partial charge in [-0.1, -0.05) is 13.8 Å². The highest BCUT2D eigenvalue weighted by Crippen LogP contribution is 2.15. The number of hydrogen-bond acceptors (Lipinski definition) is 5. The van der Waals surface area contributed by atoms with Crippen molar-refractivity contribution in [1.29, 1.82) is 0 Å². The average molecular weight is 354 g/mol. The highest BCUT2D eigenvalue weighted by atomic mass is 16.1. The number of nitrogens with one attached hydrogen (secondary N) is 2. The molecule has 0 aromatic carbocycles. The van der Waals surface area contributed by atoms with Crippen LogP contribution in [0.2, 0.25) is 0 Å². The van der Waals surface area contributed by atoms with E-state index in [-0.39, 0.29) is 5.91 Å². The fraction of sp³-hybridized carbons (Fsp3) is 0.471. The zero-order valence-electron chi connectivity index (χ0n) is 14.9. The lowest BCUT2D eigenvalue weighted by Crippen LogP contribution is -2.25. The molecule has 1 amide bonds. The van der Waals surface area contributed by atoms with Crippen LogP contribution in [0.15, 0.2) is 18.5 Å². The molecule has 0 atom stereocenters. The second kappa shape index (κ2) is 6.74. The zero-order valence-corrected chi connectivity index (χ0v) is 14.9. The Bertz CT molecular complexity index is 919. The zero-order chi connectivity index (χ0) is 18.1. The van der Waals surface area contributed by atoms with Gasteiger partial charge in [0.1, 0.15) is 17.3 Å². The lowest BCUT2D eigenvalue weighted by atomic mass is 10.2. The molecule has 0 spiro atoms. The Hall–Kier alpha value is -2.97. The predicted molar refractivity (Wildman–Crippen MR) is 93.5 cm³/mol. The van der Waals surface area contributed by atoms with E-state index in [9.17, 15) is 4.79 Å².